The molecule has 0 atom stereocenters. The summed E-state index contributed by atoms with van der Waals surface area (Å²) in [6, 6.07) is 6.41. The molecular formula is C21H19F2N3O. The molecule has 1 aliphatic carbocycles. The van der Waals surface area contributed by atoms with Gasteiger partial charge in [-0.05, 0) is 43.0 Å². The second-order valence-corrected chi connectivity index (χ2v) is 7.36. The molecule has 0 saturated heterocycles. The van der Waals surface area contributed by atoms with E-state index in [9.17, 15) is 8.78 Å². The summed E-state index contributed by atoms with van der Waals surface area (Å²) in [5.74, 6) is 0.271. The Labute approximate surface area is 155 Å². The first-order chi connectivity index (χ1) is 12.9. The van der Waals surface area contributed by atoms with Gasteiger partial charge in [-0.2, -0.15) is 0 Å². The predicted molar refractivity (Wildman–Crippen MR) is 100 cm³/mol. The minimum atomic E-state index is -0.615. The van der Waals surface area contributed by atoms with Gasteiger partial charge in [-0.25, -0.2) is 13.8 Å². The SMILES string of the molecule is Cc1nc2c(o1)-c1ccc(-c3cc(F)c(N)cc3F)c(C)c1N(C1CC1)C2. The van der Waals surface area contributed by atoms with Gasteiger partial charge in [-0.15, -0.1) is 0 Å². The molecule has 0 spiro atoms. The van der Waals surface area contributed by atoms with Crippen LogP contribution >= 0.6 is 0 Å². The van der Waals surface area contributed by atoms with Crippen LogP contribution in [0, 0.1) is 25.5 Å². The number of fused-ring (bicyclic) bond motifs is 3. The Morgan fingerprint density at radius 1 is 1.07 bits per heavy atom. The van der Waals surface area contributed by atoms with Gasteiger partial charge in [0.15, 0.2) is 11.7 Å². The van der Waals surface area contributed by atoms with Crippen molar-refractivity contribution in [2.75, 3.05) is 10.6 Å². The first kappa shape index (κ1) is 16.3. The number of nitrogens with zero attached hydrogens (tertiary/aromatic N) is 2. The lowest BCUT2D eigenvalue weighted by molar-refractivity contribution is 0.532. The van der Waals surface area contributed by atoms with E-state index in [0.717, 1.165) is 47.2 Å². The normalized spacial score (nSPS) is 15.6. The van der Waals surface area contributed by atoms with Gasteiger partial charge in [0, 0.05) is 30.2 Å². The third-order valence-corrected chi connectivity index (χ3v) is 5.45. The average molecular weight is 367 g/mol. The van der Waals surface area contributed by atoms with Gasteiger partial charge in [0.05, 0.1) is 17.9 Å². The number of oxazole rings is 1. The number of aromatic nitrogens is 1. The molecule has 6 heteroatoms. The van der Waals surface area contributed by atoms with Crippen LogP contribution in [-0.4, -0.2) is 11.0 Å². The molecule has 138 valence electrons. The Kier molecular flexibility index (Phi) is 3.35. The van der Waals surface area contributed by atoms with Crippen molar-refractivity contribution < 1.29 is 13.2 Å². The van der Waals surface area contributed by atoms with Gasteiger partial charge in [-0.1, -0.05) is 6.07 Å². The highest BCUT2D eigenvalue weighted by Gasteiger charge is 2.37. The molecule has 1 aromatic heterocycles. The summed E-state index contributed by atoms with van der Waals surface area (Å²) >= 11 is 0. The highest BCUT2D eigenvalue weighted by atomic mass is 19.1. The predicted octanol–water partition coefficient (Wildman–Crippen LogP) is 4.97. The van der Waals surface area contributed by atoms with Crippen molar-refractivity contribution in [1.82, 2.24) is 4.98 Å². The fraction of sp³-hybridized carbons (Fsp3) is 0.286. The van der Waals surface area contributed by atoms with Crippen LogP contribution in [0.3, 0.4) is 0 Å². The minimum Gasteiger partial charge on any atom is -0.441 e. The van der Waals surface area contributed by atoms with Crippen LogP contribution in [0.1, 0.15) is 30.0 Å². The van der Waals surface area contributed by atoms with Gasteiger partial charge in [0.25, 0.3) is 0 Å². The lowest BCUT2D eigenvalue weighted by atomic mass is 9.91. The number of hydrogen-bond donors (Lipinski definition) is 1. The smallest absolute Gasteiger partial charge is 0.192 e. The Hall–Kier alpha value is -2.89. The fourth-order valence-electron chi connectivity index (χ4n) is 4.04. The molecule has 0 unspecified atom stereocenters. The topological polar surface area (TPSA) is 55.3 Å². The molecule has 2 aliphatic rings. The van der Waals surface area contributed by atoms with E-state index in [4.69, 9.17) is 10.2 Å². The van der Waals surface area contributed by atoms with E-state index in [1.165, 1.54) is 6.07 Å². The van der Waals surface area contributed by atoms with E-state index in [0.29, 0.717) is 24.0 Å². The number of rotatable bonds is 2. The van der Waals surface area contributed by atoms with Crippen LogP contribution in [-0.2, 0) is 6.54 Å². The second kappa shape index (κ2) is 5.55. The maximum absolute atomic E-state index is 14.5. The van der Waals surface area contributed by atoms with Crippen molar-refractivity contribution in [2.45, 2.75) is 39.3 Å². The van der Waals surface area contributed by atoms with Crippen LogP contribution in [0.4, 0.5) is 20.2 Å². The van der Waals surface area contributed by atoms with Crippen molar-refractivity contribution >= 4 is 11.4 Å². The maximum Gasteiger partial charge on any atom is 0.192 e. The van der Waals surface area contributed by atoms with Crippen LogP contribution in [0.2, 0.25) is 0 Å². The number of anilines is 2. The second-order valence-electron chi connectivity index (χ2n) is 7.36. The van der Waals surface area contributed by atoms with E-state index >= 15 is 0 Å². The number of aryl methyl sites for hydroxylation is 1. The van der Waals surface area contributed by atoms with Gasteiger partial charge < -0.3 is 15.1 Å². The fourth-order valence-corrected chi connectivity index (χ4v) is 4.04. The van der Waals surface area contributed by atoms with Crippen molar-refractivity contribution in [1.29, 1.82) is 0 Å². The molecule has 3 aromatic rings. The molecule has 4 nitrogen and oxygen atoms in total. The summed E-state index contributed by atoms with van der Waals surface area (Å²) in [6.45, 7) is 4.46. The molecule has 0 amide bonds. The maximum atomic E-state index is 14.5. The van der Waals surface area contributed by atoms with Crippen LogP contribution in [0.5, 0.6) is 0 Å². The zero-order valence-corrected chi connectivity index (χ0v) is 15.1. The minimum absolute atomic E-state index is 0.187. The largest absolute Gasteiger partial charge is 0.441 e. The van der Waals surface area contributed by atoms with Crippen molar-refractivity contribution in [3.8, 4) is 22.5 Å². The quantitative estimate of drug-likeness (QED) is 0.650. The summed E-state index contributed by atoms with van der Waals surface area (Å²) in [5, 5.41) is 0. The zero-order valence-electron chi connectivity index (χ0n) is 15.1. The van der Waals surface area contributed by atoms with Crippen molar-refractivity contribution in [2.24, 2.45) is 0 Å². The lowest BCUT2D eigenvalue weighted by Gasteiger charge is -2.32. The van der Waals surface area contributed by atoms with Crippen LogP contribution in [0.15, 0.2) is 28.7 Å². The highest BCUT2D eigenvalue weighted by molar-refractivity contribution is 5.88. The zero-order chi connectivity index (χ0) is 18.9. The van der Waals surface area contributed by atoms with E-state index in [2.05, 4.69) is 9.88 Å². The molecule has 2 heterocycles. The van der Waals surface area contributed by atoms with E-state index < -0.39 is 11.6 Å². The van der Waals surface area contributed by atoms with E-state index in [-0.39, 0.29) is 11.3 Å². The number of nitrogen functional groups attached to an aromatic ring is 1. The molecule has 5 rings (SSSR count). The summed E-state index contributed by atoms with van der Waals surface area (Å²) in [6.07, 6.45) is 2.25. The summed E-state index contributed by atoms with van der Waals surface area (Å²) in [4.78, 5) is 6.85. The standard InChI is InChI=1S/C21H19F2N3O/c1-10-13(15-7-17(23)18(24)8-16(15)22)5-6-14-20(10)26(12-3-4-12)9-19-21(14)27-11(2)25-19/h5-8,12H,3-4,9,24H2,1-2H3. The Morgan fingerprint density at radius 2 is 1.81 bits per heavy atom. The van der Waals surface area contributed by atoms with Crippen molar-refractivity contribution in [3.63, 3.8) is 0 Å². The molecule has 0 bridgehead atoms. The Bertz CT molecular complexity index is 1090. The number of hydrogen-bond acceptors (Lipinski definition) is 4. The number of benzene rings is 2. The molecule has 27 heavy (non-hydrogen) atoms. The third-order valence-electron chi connectivity index (χ3n) is 5.45. The van der Waals surface area contributed by atoms with E-state index in [1.807, 2.05) is 26.0 Å². The number of nitrogens with two attached hydrogens (primary N) is 1. The van der Waals surface area contributed by atoms with Gasteiger partial charge in [0.2, 0.25) is 0 Å². The molecule has 0 radical (unpaired) electrons. The Morgan fingerprint density at radius 3 is 2.56 bits per heavy atom. The molecule has 1 aliphatic heterocycles. The van der Waals surface area contributed by atoms with Crippen LogP contribution < -0.4 is 10.6 Å². The monoisotopic (exact) mass is 367 g/mol. The van der Waals surface area contributed by atoms with Crippen LogP contribution in [0.25, 0.3) is 22.5 Å². The summed E-state index contributed by atoms with van der Waals surface area (Å²) in [5.41, 5.74) is 10.0. The first-order valence-corrected chi connectivity index (χ1v) is 9.06. The molecule has 2 N–H and O–H groups in total. The molecule has 1 saturated carbocycles. The lowest BCUT2D eigenvalue weighted by Crippen LogP contribution is -2.29. The van der Waals surface area contributed by atoms with Crippen molar-refractivity contribution in [3.05, 3.63) is 53.0 Å². The van der Waals surface area contributed by atoms with Gasteiger partial charge in [-0.3, -0.25) is 0 Å². The van der Waals surface area contributed by atoms with Gasteiger partial charge >= 0.3 is 0 Å². The highest BCUT2D eigenvalue weighted by Crippen LogP contribution is 2.48. The van der Waals surface area contributed by atoms with Gasteiger partial charge in [0.1, 0.15) is 17.3 Å². The molecular weight excluding hydrogens is 348 g/mol. The third kappa shape index (κ3) is 2.43. The summed E-state index contributed by atoms with van der Waals surface area (Å²) in [7, 11) is 0. The average Bonchev–Trinajstić information content (AvgIpc) is 3.39. The number of halogens is 2. The molecule has 2 aromatic carbocycles. The molecule has 1 fully saturated rings. The summed E-state index contributed by atoms with van der Waals surface area (Å²) < 4.78 is 34.4. The Balaban J connectivity index is 1.74. The first-order valence-electron chi connectivity index (χ1n) is 9.06. The van der Waals surface area contributed by atoms with E-state index in [1.54, 1.807) is 0 Å².